The third kappa shape index (κ3) is 6.20. The number of thiocarbonyl (C=S) groups is 1. The number of anilines is 1. The van der Waals surface area contributed by atoms with Crippen molar-refractivity contribution in [2.24, 2.45) is 5.14 Å². The zero-order valence-corrected chi connectivity index (χ0v) is 19.2. The summed E-state index contributed by atoms with van der Waals surface area (Å²) in [6.07, 6.45) is 0. The van der Waals surface area contributed by atoms with Crippen LogP contribution < -0.4 is 21.1 Å². The van der Waals surface area contributed by atoms with Crippen molar-refractivity contribution in [2.75, 3.05) is 38.0 Å². The summed E-state index contributed by atoms with van der Waals surface area (Å²) >= 11 is 5.25. The Kier molecular flexibility index (Phi) is 7.73. The second kappa shape index (κ2) is 10.3. The molecule has 1 aliphatic heterocycles. The predicted octanol–water partition coefficient (Wildman–Crippen LogP) is 0.139. The van der Waals surface area contributed by atoms with Gasteiger partial charge in [-0.1, -0.05) is 0 Å². The fourth-order valence-corrected chi connectivity index (χ4v) is 4.19. The van der Waals surface area contributed by atoms with Crippen molar-refractivity contribution >= 4 is 38.9 Å². The van der Waals surface area contributed by atoms with E-state index in [1.165, 1.54) is 12.1 Å². The lowest BCUT2D eigenvalue weighted by atomic mass is 10.3. The first-order chi connectivity index (χ1) is 15.1. The molecule has 0 radical (unpaired) electrons. The lowest BCUT2D eigenvalue weighted by Crippen LogP contribution is -2.43. The van der Waals surface area contributed by atoms with Gasteiger partial charge >= 0.3 is 5.82 Å². The van der Waals surface area contributed by atoms with Crippen LogP contribution in [0.3, 0.4) is 0 Å². The number of nitro groups is 1. The molecule has 1 fully saturated rings. The average molecular weight is 483 g/mol. The Hall–Kier alpha value is -2.65. The van der Waals surface area contributed by atoms with Gasteiger partial charge in [-0.25, -0.2) is 23.1 Å². The number of imidazole rings is 1. The molecule has 174 valence electrons. The summed E-state index contributed by atoms with van der Waals surface area (Å²) in [5.41, 5.74) is 1.04. The van der Waals surface area contributed by atoms with Crippen molar-refractivity contribution in [1.82, 2.24) is 25.1 Å². The molecule has 1 aromatic heterocycles. The molecular formula is C18H26N8O4S2. The fourth-order valence-electron chi connectivity index (χ4n) is 3.46. The van der Waals surface area contributed by atoms with E-state index in [1.807, 2.05) is 0 Å². The Morgan fingerprint density at radius 1 is 1.31 bits per heavy atom. The lowest BCUT2D eigenvalue weighted by molar-refractivity contribution is -0.393. The van der Waals surface area contributed by atoms with Gasteiger partial charge < -0.3 is 26.1 Å². The SMILES string of the molecule is Cc1nc(CN2CCNCC2)c([N+](=O)[O-])n1CCNC(=S)Nc1ccc(S(N)(=O)=O)cc1. The zero-order valence-electron chi connectivity index (χ0n) is 17.6. The second-order valence-electron chi connectivity index (χ2n) is 7.31. The highest BCUT2D eigenvalue weighted by atomic mass is 32.2. The molecule has 0 amide bonds. The molecule has 1 aliphatic rings. The zero-order chi connectivity index (χ0) is 23.3. The van der Waals surface area contributed by atoms with E-state index in [-0.39, 0.29) is 15.6 Å². The quantitative estimate of drug-likeness (QED) is 0.231. The molecular weight excluding hydrogens is 456 g/mol. The fraction of sp³-hybridized carbons (Fsp3) is 0.444. The second-order valence-corrected chi connectivity index (χ2v) is 9.28. The number of aromatic nitrogens is 2. The summed E-state index contributed by atoms with van der Waals surface area (Å²) in [4.78, 5) is 17.9. The van der Waals surface area contributed by atoms with Crippen LogP contribution in [0.4, 0.5) is 11.5 Å². The molecule has 2 heterocycles. The maximum absolute atomic E-state index is 11.7. The number of primary sulfonamides is 1. The molecule has 0 atom stereocenters. The standard InChI is InChI=1S/C18H26N8O4S2/c1-13-22-16(12-24-9-6-20-7-10-24)17(26(27)28)25(13)11-8-21-18(31)23-14-2-4-15(5-3-14)32(19,29)30/h2-5,20H,6-12H2,1H3,(H2,19,29,30)(H2,21,23,31). The van der Waals surface area contributed by atoms with E-state index in [1.54, 1.807) is 23.6 Å². The predicted molar refractivity (Wildman–Crippen MR) is 124 cm³/mol. The van der Waals surface area contributed by atoms with E-state index >= 15 is 0 Å². The summed E-state index contributed by atoms with van der Waals surface area (Å²) in [6, 6.07) is 5.83. The van der Waals surface area contributed by atoms with Crippen LogP contribution in [0, 0.1) is 17.0 Å². The number of nitrogens with one attached hydrogen (secondary N) is 3. The highest BCUT2D eigenvalue weighted by Crippen LogP contribution is 2.22. The molecule has 12 nitrogen and oxygen atoms in total. The van der Waals surface area contributed by atoms with Crippen LogP contribution in [0.5, 0.6) is 0 Å². The van der Waals surface area contributed by atoms with E-state index in [2.05, 4.69) is 25.8 Å². The van der Waals surface area contributed by atoms with Gasteiger partial charge in [0.1, 0.15) is 6.54 Å². The topological polar surface area (TPSA) is 160 Å². The van der Waals surface area contributed by atoms with Gasteiger partial charge in [-0.15, -0.1) is 0 Å². The van der Waals surface area contributed by atoms with Gasteiger partial charge in [-0.05, 0) is 41.4 Å². The minimum Gasteiger partial charge on any atom is -0.358 e. The smallest absolute Gasteiger partial charge is 0.347 e. The van der Waals surface area contributed by atoms with Crippen LogP contribution in [-0.2, 0) is 23.1 Å². The summed E-state index contributed by atoms with van der Waals surface area (Å²) in [7, 11) is -3.76. The molecule has 5 N–H and O–H groups in total. The molecule has 0 unspecified atom stereocenters. The van der Waals surface area contributed by atoms with Crippen LogP contribution in [0.1, 0.15) is 11.5 Å². The third-order valence-electron chi connectivity index (χ3n) is 5.02. The van der Waals surface area contributed by atoms with Gasteiger partial charge in [-0.2, -0.15) is 0 Å². The van der Waals surface area contributed by atoms with Crippen LogP contribution in [0.15, 0.2) is 29.2 Å². The van der Waals surface area contributed by atoms with Gasteiger partial charge in [0.15, 0.2) is 16.6 Å². The number of aryl methyl sites for hydroxylation is 1. The highest BCUT2D eigenvalue weighted by molar-refractivity contribution is 7.89. The van der Waals surface area contributed by atoms with E-state index in [0.29, 0.717) is 42.0 Å². The number of sulfonamides is 1. The van der Waals surface area contributed by atoms with Gasteiger partial charge in [0, 0.05) is 45.3 Å². The number of benzene rings is 1. The van der Waals surface area contributed by atoms with Crippen molar-refractivity contribution in [2.45, 2.75) is 24.9 Å². The van der Waals surface area contributed by atoms with Crippen LogP contribution in [0.25, 0.3) is 0 Å². The molecule has 14 heteroatoms. The van der Waals surface area contributed by atoms with Crippen molar-refractivity contribution in [3.8, 4) is 0 Å². The Labute approximate surface area is 191 Å². The Morgan fingerprint density at radius 2 is 1.97 bits per heavy atom. The monoisotopic (exact) mass is 482 g/mol. The van der Waals surface area contributed by atoms with Crippen molar-refractivity contribution < 1.29 is 13.3 Å². The maximum Gasteiger partial charge on any atom is 0.347 e. The van der Waals surface area contributed by atoms with Crippen LogP contribution in [0.2, 0.25) is 0 Å². The first kappa shape index (κ1) is 24.0. The van der Waals surface area contributed by atoms with E-state index in [0.717, 1.165) is 26.2 Å². The summed E-state index contributed by atoms with van der Waals surface area (Å²) in [6.45, 7) is 6.19. The first-order valence-electron chi connectivity index (χ1n) is 9.96. The van der Waals surface area contributed by atoms with Crippen molar-refractivity contribution in [3.05, 3.63) is 45.9 Å². The summed E-state index contributed by atoms with van der Waals surface area (Å²) in [5.74, 6) is 0.571. The number of rotatable bonds is 8. The largest absolute Gasteiger partial charge is 0.358 e. The van der Waals surface area contributed by atoms with Crippen molar-refractivity contribution in [3.63, 3.8) is 0 Å². The number of hydrogen-bond donors (Lipinski definition) is 4. The minimum absolute atomic E-state index is 0.000271. The average Bonchev–Trinajstić information content (AvgIpc) is 3.03. The highest BCUT2D eigenvalue weighted by Gasteiger charge is 2.26. The number of nitrogens with zero attached hydrogens (tertiary/aromatic N) is 4. The van der Waals surface area contributed by atoms with Crippen LogP contribution >= 0.6 is 12.2 Å². The Morgan fingerprint density at radius 3 is 2.56 bits per heavy atom. The lowest BCUT2D eigenvalue weighted by Gasteiger charge is -2.26. The first-order valence-corrected chi connectivity index (χ1v) is 11.9. The van der Waals surface area contributed by atoms with E-state index < -0.39 is 10.0 Å². The third-order valence-corrected chi connectivity index (χ3v) is 6.19. The minimum atomic E-state index is -3.76. The van der Waals surface area contributed by atoms with E-state index in [9.17, 15) is 18.5 Å². The molecule has 2 aromatic rings. The molecule has 3 rings (SSSR count). The molecule has 0 spiro atoms. The Balaban J connectivity index is 1.58. The van der Waals surface area contributed by atoms with Gasteiger partial charge in [0.25, 0.3) is 0 Å². The number of piperazine rings is 1. The Bertz CT molecular complexity index is 1080. The van der Waals surface area contributed by atoms with E-state index in [4.69, 9.17) is 17.4 Å². The molecule has 0 aliphatic carbocycles. The molecule has 1 saturated heterocycles. The maximum atomic E-state index is 11.7. The number of hydrogen-bond acceptors (Lipinski definition) is 8. The molecule has 0 saturated carbocycles. The van der Waals surface area contributed by atoms with Gasteiger partial charge in [0.2, 0.25) is 10.0 Å². The normalized spacial score (nSPS) is 14.8. The molecule has 1 aromatic carbocycles. The number of nitrogens with two attached hydrogens (primary N) is 1. The van der Waals surface area contributed by atoms with Crippen molar-refractivity contribution in [1.29, 1.82) is 0 Å². The molecule has 0 bridgehead atoms. The van der Waals surface area contributed by atoms with Gasteiger partial charge in [-0.3, -0.25) is 4.90 Å². The van der Waals surface area contributed by atoms with Crippen LogP contribution in [-0.4, -0.2) is 65.6 Å². The molecule has 32 heavy (non-hydrogen) atoms. The summed E-state index contributed by atoms with van der Waals surface area (Å²) in [5, 5.41) is 26.3. The van der Waals surface area contributed by atoms with Gasteiger partial charge in [0.05, 0.1) is 11.4 Å². The summed E-state index contributed by atoms with van der Waals surface area (Å²) < 4.78 is 24.2.